The molecule has 28 heavy (non-hydrogen) atoms. The predicted octanol–water partition coefficient (Wildman–Crippen LogP) is 2.61. The molecule has 0 aliphatic carbocycles. The van der Waals surface area contributed by atoms with Crippen LogP contribution in [0.1, 0.15) is 28.4 Å². The summed E-state index contributed by atoms with van der Waals surface area (Å²) in [7, 11) is 0. The van der Waals surface area contributed by atoms with Gasteiger partial charge in [0.15, 0.2) is 13.2 Å². The van der Waals surface area contributed by atoms with Crippen molar-refractivity contribution in [3.05, 3.63) is 59.2 Å². The number of esters is 1. The number of hydrogen-bond donors (Lipinski definition) is 2. The number of rotatable bonds is 8. The van der Waals surface area contributed by atoms with E-state index in [4.69, 9.17) is 9.47 Å². The highest BCUT2D eigenvalue weighted by Crippen LogP contribution is 2.20. The van der Waals surface area contributed by atoms with Crippen LogP contribution in [0.15, 0.2) is 42.5 Å². The Morgan fingerprint density at radius 3 is 2.50 bits per heavy atom. The number of hydrogen-bond acceptors (Lipinski definition) is 5. The Bertz CT molecular complexity index is 864. The Labute approximate surface area is 164 Å². The third-order valence-corrected chi connectivity index (χ3v) is 4.01. The van der Waals surface area contributed by atoms with Crippen molar-refractivity contribution >= 4 is 23.5 Å². The lowest BCUT2D eigenvalue weighted by Gasteiger charge is -2.11. The Hall–Kier alpha value is -3.35. The summed E-state index contributed by atoms with van der Waals surface area (Å²) in [6, 6.07) is 12.1. The molecule has 0 heterocycles. The van der Waals surface area contributed by atoms with E-state index >= 15 is 0 Å². The van der Waals surface area contributed by atoms with Gasteiger partial charge in [-0.1, -0.05) is 18.2 Å². The van der Waals surface area contributed by atoms with Crippen molar-refractivity contribution in [1.82, 2.24) is 5.32 Å². The minimum Gasteiger partial charge on any atom is -0.482 e. The normalized spacial score (nSPS) is 10.1. The molecular weight excluding hydrogens is 360 g/mol. The first kappa shape index (κ1) is 21.0. The smallest absolute Gasteiger partial charge is 0.344 e. The maximum Gasteiger partial charge on any atom is 0.344 e. The third kappa shape index (κ3) is 6.12. The van der Waals surface area contributed by atoms with Gasteiger partial charge in [0, 0.05) is 17.8 Å². The van der Waals surface area contributed by atoms with Gasteiger partial charge < -0.3 is 20.1 Å². The molecule has 0 aliphatic rings. The zero-order chi connectivity index (χ0) is 20.5. The highest BCUT2D eigenvalue weighted by atomic mass is 16.6. The van der Waals surface area contributed by atoms with Crippen LogP contribution in [0.2, 0.25) is 0 Å². The van der Waals surface area contributed by atoms with Gasteiger partial charge >= 0.3 is 5.97 Å². The molecule has 0 aliphatic heterocycles. The van der Waals surface area contributed by atoms with E-state index in [0.717, 1.165) is 11.1 Å². The van der Waals surface area contributed by atoms with E-state index in [1.165, 1.54) is 0 Å². The van der Waals surface area contributed by atoms with Crippen LogP contribution in [0.25, 0.3) is 0 Å². The van der Waals surface area contributed by atoms with Gasteiger partial charge in [-0.05, 0) is 56.2 Å². The summed E-state index contributed by atoms with van der Waals surface area (Å²) in [4.78, 5) is 35.6. The summed E-state index contributed by atoms with van der Waals surface area (Å²) < 4.78 is 10.4. The maximum absolute atomic E-state index is 12.0. The molecule has 0 unspecified atom stereocenters. The SMILES string of the molecule is CCNC(=O)c1cccc(NC(=O)COC(=O)COc2cccc(C)c2C)c1. The molecule has 0 aromatic heterocycles. The maximum atomic E-state index is 12.0. The molecule has 0 saturated carbocycles. The van der Waals surface area contributed by atoms with Gasteiger partial charge in [-0.2, -0.15) is 0 Å². The number of benzene rings is 2. The molecule has 7 nitrogen and oxygen atoms in total. The largest absolute Gasteiger partial charge is 0.482 e. The summed E-state index contributed by atoms with van der Waals surface area (Å²) >= 11 is 0. The number of ether oxygens (including phenoxy) is 2. The zero-order valence-electron chi connectivity index (χ0n) is 16.2. The van der Waals surface area contributed by atoms with E-state index < -0.39 is 18.5 Å². The number of nitrogens with one attached hydrogen (secondary N) is 2. The fourth-order valence-corrected chi connectivity index (χ4v) is 2.40. The number of carbonyl (C=O) groups is 3. The molecule has 0 radical (unpaired) electrons. The van der Waals surface area contributed by atoms with Crippen molar-refractivity contribution in [2.24, 2.45) is 0 Å². The predicted molar refractivity (Wildman–Crippen MR) is 105 cm³/mol. The Kier molecular flexibility index (Phi) is 7.56. The molecule has 7 heteroatoms. The van der Waals surface area contributed by atoms with E-state index in [0.29, 0.717) is 23.5 Å². The van der Waals surface area contributed by atoms with Gasteiger partial charge in [0.1, 0.15) is 5.75 Å². The van der Waals surface area contributed by atoms with Crippen LogP contribution in [-0.2, 0) is 14.3 Å². The molecule has 2 N–H and O–H groups in total. The number of aryl methyl sites for hydroxylation is 1. The minimum absolute atomic E-state index is 0.228. The number of amides is 2. The van der Waals surface area contributed by atoms with E-state index in [2.05, 4.69) is 10.6 Å². The van der Waals surface area contributed by atoms with Crippen molar-refractivity contribution < 1.29 is 23.9 Å². The summed E-state index contributed by atoms with van der Waals surface area (Å²) in [5, 5.41) is 5.27. The molecule has 2 aromatic rings. The van der Waals surface area contributed by atoms with Crippen molar-refractivity contribution in [2.75, 3.05) is 25.1 Å². The first-order valence-corrected chi connectivity index (χ1v) is 8.93. The summed E-state index contributed by atoms with van der Waals surface area (Å²) in [5.41, 5.74) is 2.87. The van der Waals surface area contributed by atoms with Gasteiger partial charge in [0.05, 0.1) is 0 Å². The van der Waals surface area contributed by atoms with E-state index in [1.807, 2.05) is 32.9 Å². The molecule has 2 aromatic carbocycles. The molecule has 0 spiro atoms. The van der Waals surface area contributed by atoms with Crippen LogP contribution in [0, 0.1) is 13.8 Å². The van der Waals surface area contributed by atoms with Crippen molar-refractivity contribution in [3.63, 3.8) is 0 Å². The number of anilines is 1. The standard InChI is InChI=1S/C21H24N2O5/c1-4-22-21(26)16-8-6-9-17(11-16)23-19(24)12-28-20(25)13-27-18-10-5-7-14(2)15(18)3/h5-11H,4,12-13H2,1-3H3,(H,22,26)(H,23,24). The Balaban J connectivity index is 1.80. The molecule has 2 amide bonds. The second kappa shape index (κ2) is 10.1. The highest BCUT2D eigenvalue weighted by Gasteiger charge is 2.11. The fraction of sp³-hybridized carbons (Fsp3) is 0.286. The van der Waals surface area contributed by atoms with Gasteiger partial charge in [0.2, 0.25) is 0 Å². The van der Waals surface area contributed by atoms with E-state index in [-0.39, 0.29) is 12.5 Å². The topological polar surface area (TPSA) is 93.7 Å². The van der Waals surface area contributed by atoms with Crippen LogP contribution >= 0.6 is 0 Å². The van der Waals surface area contributed by atoms with Gasteiger partial charge in [-0.3, -0.25) is 9.59 Å². The minimum atomic E-state index is -0.646. The second-order valence-electron chi connectivity index (χ2n) is 6.14. The molecule has 2 rings (SSSR count). The first-order valence-electron chi connectivity index (χ1n) is 8.93. The van der Waals surface area contributed by atoms with Gasteiger partial charge in [-0.25, -0.2) is 4.79 Å². The third-order valence-electron chi connectivity index (χ3n) is 4.01. The zero-order valence-corrected chi connectivity index (χ0v) is 16.2. The van der Waals surface area contributed by atoms with E-state index in [1.54, 1.807) is 30.3 Å². The second-order valence-corrected chi connectivity index (χ2v) is 6.14. The van der Waals surface area contributed by atoms with Gasteiger partial charge in [-0.15, -0.1) is 0 Å². The summed E-state index contributed by atoms with van der Waals surface area (Å²) in [6.45, 7) is 5.45. The van der Waals surface area contributed by atoms with Crippen molar-refractivity contribution in [2.45, 2.75) is 20.8 Å². The first-order chi connectivity index (χ1) is 13.4. The molecule has 0 saturated heterocycles. The lowest BCUT2D eigenvalue weighted by atomic mass is 10.1. The van der Waals surface area contributed by atoms with Crippen LogP contribution in [0.5, 0.6) is 5.75 Å². The Morgan fingerprint density at radius 2 is 1.75 bits per heavy atom. The monoisotopic (exact) mass is 384 g/mol. The van der Waals surface area contributed by atoms with Crippen LogP contribution < -0.4 is 15.4 Å². The average Bonchev–Trinajstić information content (AvgIpc) is 2.68. The molecule has 0 bridgehead atoms. The van der Waals surface area contributed by atoms with Crippen LogP contribution in [0.4, 0.5) is 5.69 Å². The molecule has 0 fully saturated rings. The van der Waals surface area contributed by atoms with Gasteiger partial charge in [0.25, 0.3) is 11.8 Å². The summed E-state index contributed by atoms with van der Waals surface area (Å²) in [6.07, 6.45) is 0. The molecule has 0 atom stereocenters. The molecule has 148 valence electrons. The summed E-state index contributed by atoms with van der Waals surface area (Å²) in [5.74, 6) is -0.780. The van der Waals surface area contributed by atoms with Crippen LogP contribution in [0.3, 0.4) is 0 Å². The van der Waals surface area contributed by atoms with Crippen LogP contribution in [-0.4, -0.2) is 37.5 Å². The highest BCUT2D eigenvalue weighted by molar-refractivity contribution is 5.97. The lowest BCUT2D eigenvalue weighted by molar-refractivity contribution is -0.149. The van der Waals surface area contributed by atoms with E-state index in [9.17, 15) is 14.4 Å². The van der Waals surface area contributed by atoms with Crippen molar-refractivity contribution in [3.8, 4) is 5.75 Å². The average molecular weight is 384 g/mol. The molecular formula is C21H24N2O5. The number of carbonyl (C=O) groups excluding carboxylic acids is 3. The Morgan fingerprint density at radius 1 is 1.00 bits per heavy atom. The quantitative estimate of drug-likeness (QED) is 0.683. The lowest BCUT2D eigenvalue weighted by Crippen LogP contribution is -2.24. The fourth-order valence-electron chi connectivity index (χ4n) is 2.40. The van der Waals surface area contributed by atoms with Crippen molar-refractivity contribution in [1.29, 1.82) is 0 Å².